The van der Waals surface area contributed by atoms with Crippen molar-refractivity contribution in [2.75, 3.05) is 0 Å². The number of ketones is 1. The van der Waals surface area contributed by atoms with Crippen molar-refractivity contribution in [3.05, 3.63) is 29.3 Å². The van der Waals surface area contributed by atoms with Gasteiger partial charge in [0, 0.05) is 6.42 Å². The number of benzene rings is 1. The number of carbonyl (C=O) groups excluding carboxylic acids is 2. The van der Waals surface area contributed by atoms with Crippen LogP contribution in [0.15, 0.2) is 18.2 Å². The van der Waals surface area contributed by atoms with Gasteiger partial charge in [-0.25, -0.2) is 0 Å². The van der Waals surface area contributed by atoms with Gasteiger partial charge in [0.1, 0.15) is 5.75 Å². The molecule has 0 saturated heterocycles. The second-order valence-electron chi connectivity index (χ2n) is 3.99. The first kappa shape index (κ1) is 13.2. The van der Waals surface area contributed by atoms with Crippen LogP contribution in [0.5, 0.6) is 5.75 Å². The number of aromatic hydroxyl groups is 1. The van der Waals surface area contributed by atoms with Crippen LogP contribution in [-0.4, -0.2) is 22.8 Å². The molecule has 17 heavy (non-hydrogen) atoms. The fourth-order valence-corrected chi connectivity index (χ4v) is 1.50. The summed E-state index contributed by atoms with van der Waals surface area (Å²) in [6.07, 6.45) is 0.376. The lowest BCUT2D eigenvalue weighted by molar-refractivity contribution is -0.120. The molecule has 0 aliphatic heterocycles. The van der Waals surface area contributed by atoms with Crippen molar-refractivity contribution >= 4 is 11.7 Å². The van der Waals surface area contributed by atoms with Crippen LogP contribution in [0.1, 0.15) is 36.2 Å². The molecule has 0 aliphatic rings. The number of hydrogen-bond acceptors (Lipinski definition) is 3. The van der Waals surface area contributed by atoms with Crippen molar-refractivity contribution in [2.24, 2.45) is 0 Å². The number of aryl methyl sites for hydroxylation is 1. The number of para-hydroxylation sites is 1. The Morgan fingerprint density at radius 1 is 1.41 bits per heavy atom. The summed E-state index contributed by atoms with van der Waals surface area (Å²) < 4.78 is 0. The molecular weight excluding hydrogens is 218 g/mol. The normalized spacial score (nSPS) is 11.9. The molecule has 0 radical (unpaired) electrons. The van der Waals surface area contributed by atoms with Gasteiger partial charge in [0.25, 0.3) is 5.91 Å². The van der Waals surface area contributed by atoms with E-state index in [1.807, 2.05) is 0 Å². The zero-order valence-corrected chi connectivity index (χ0v) is 10.3. The minimum absolute atomic E-state index is 0.0366. The third-order valence-corrected chi connectivity index (χ3v) is 2.66. The summed E-state index contributed by atoms with van der Waals surface area (Å²) >= 11 is 0. The number of carbonyl (C=O) groups is 2. The van der Waals surface area contributed by atoms with Crippen molar-refractivity contribution in [1.29, 1.82) is 0 Å². The monoisotopic (exact) mass is 235 g/mol. The SMILES string of the molecule is CCC(=O)C(C)NC(=O)c1cccc(C)c1O. The quantitative estimate of drug-likeness (QED) is 0.836. The molecule has 1 atom stereocenters. The summed E-state index contributed by atoms with van der Waals surface area (Å²) in [6.45, 7) is 5.10. The molecule has 1 amide bonds. The summed E-state index contributed by atoms with van der Waals surface area (Å²) in [7, 11) is 0. The lowest BCUT2D eigenvalue weighted by Gasteiger charge is -2.13. The highest BCUT2D eigenvalue weighted by molar-refractivity contribution is 6.00. The molecule has 0 spiro atoms. The van der Waals surface area contributed by atoms with Crippen LogP contribution in [0.25, 0.3) is 0 Å². The Labute approximate surface area is 101 Å². The van der Waals surface area contributed by atoms with Gasteiger partial charge in [-0.3, -0.25) is 9.59 Å². The molecule has 92 valence electrons. The first-order valence-electron chi connectivity index (χ1n) is 5.59. The van der Waals surface area contributed by atoms with Crippen LogP contribution >= 0.6 is 0 Å². The Kier molecular flexibility index (Phi) is 4.26. The fourth-order valence-electron chi connectivity index (χ4n) is 1.50. The molecule has 0 saturated carbocycles. The van der Waals surface area contributed by atoms with Crippen LogP contribution in [0.4, 0.5) is 0 Å². The number of phenols is 1. The van der Waals surface area contributed by atoms with Gasteiger partial charge >= 0.3 is 0 Å². The van der Waals surface area contributed by atoms with Crippen LogP contribution in [0.2, 0.25) is 0 Å². The van der Waals surface area contributed by atoms with Crippen LogP contribution in [-0.2, 0) is 4.79 Å². The van der Waals surface area contributed by atoms with Gasteiger partial charge in [-0.1, -0.05) is 19.1 Å². The van der Waals surface area contributed by atoms with Crippen molar-refractivity contribution in [3.8, 4) is 5.75 Å². The van der Waals surface area contributed by atoms with Gasteiger partial charge in [0.05, 0.1) is 11.6 Å². The molecule has 1 aromatic carbocycles. The number of phenolic OH excluding ortho intramolecular Hbond substituents is 1. The maximum Gasteiger partial charge on any atom is 0.255 e. The third-order valence-electron chi connectivity index (χ3n) is 2.66. The van der Waals surface area contributed by atoms with Gasteiger partial charge in [0.2, 0.25) is 0 Å². The molecule has 0 aromatic heterocycles. The van der Waals surface area contributed by atoms with Gasteiger partial charge in [-0.15, -0.1) is 0 Å². The zero-order valence-electron chi connectivity index (χ0n) is 10.3. The molecule has 4 nitrogen and oxygen atoms in total. The minimum atomic E-state index is -0.535. The standard InChI is InChI=1S/C13H17NO3/c1-4-11(15)9(3)14-13(17)10-7-5-6-8(2)12(10)16/h5-7,9,16H,4H2,1-3H3,(H,14,17). The van der Waals surface area contributed by atoms with Gasteiger partial charge in [0.15, 0.2) is 5.78 Å². The average Bonchev–Trinajstić information content (AvgIpc) is 2.31. The molecule has 2 N–H and O–H groups in total. The van der Waals surface area contributed by atoms with Crippen molar-refractivity contribution in [3.63, 3.8) is 0 Å². The second kappa shape index (κ2) is 5.48. The maximum atomic E-state index is 11.8. The van der Waals surface area contributed by atoms with Gasteiger partial charge in [-0.05, 0) is 25.5 Å². The van der Waals surface area contributed by atoms with Crippen LogP contribution in [0, 0.1) is 6.92 Å². The Morgan fingerprint density at radius 3 is 2.65 bits per heavy atom. The van der Waals surface area contributed by atoms with Crippen molar-refractivity contribution in [1.82, 2.24) is 5.32 Å². The number of nitrogens with one attached hydrogen (secondary N) is 1. The molecule has 0 aliphatic carbocycles. The minimum Gasteiger partial charge on any atom is -0.507 e. The average molecular weight is 235 g/mol. The predicted molar refractivity (Wildman–Crippen MR) is 65.1 cm³/mol. The molecular formula is C13H17NO3. The summed E-state index contributed by atoms with van der Waals surface area (Å²) in [4.78, 5) is 23.2. The van der Waals surface area contributed by atoms with E-state index in [0.29, 0.717) is 12.0 Å². The first-order valence-corrected chi connectivity index (χ1v) is 5.59. The van der Waals surface area contributed by atoms with Crippen molar-refractivity contribution < 1.29 is 14.7 Å². The maximum absolute atomic E-state index is 11.8. The number of amides is 1. The van der Waals surface area contributed by atoms with E-state index in [4.69, 9.17) is 0 Å². The summed E-state index contributed by atoms with van der Waals surface area (Å²) in [5.41, 5.74) is 0.827. The van der Waals surface area contributed by atoms with E-state index in [9.17, 15) is 14.7 Å². The Bertz CT molecular complexity index is 440. The Morgan fingerprint density at radius 2 is 2.06 bits per heavy atom. The van der Waals surface area contributed by atoms with E-state index >= 15 is 0 Å². The highest BCUT2D eigenvalue weighted by Gasteiger charge is 2.17. The summed E-state index contributed by atoms with van der Waals surface area (Å²) in [5.74, 6) is -0.507. The number of hydrogen-bond donors (Lipinski definition) is 2. The highest BCUT2D eigenvalue weighted by atomic mass is 16.3. The molecule has 1 unspecified atom stereocenters. The molecule has 0 heterocycles. The topological polar surface area (TPSA) is 66.4 Å². The third kappa shape index (κ3) is 3.06. The number of rotatable bonds is 4. The highest BCUT2D eigenvalue weighted by Crippen LogP contribution is 2.21. The smallest absolute Gasteiger partial charge is 0.255 e. The Balaban J connectivity index is 2.84. The van der Waals surface area contributed by atoms with Gasteiger partial charge < -0.3 is 10.4 Å². The molecule has 1 aromatic rings. The van der Waals surface area contributed by atoms with E-state index in [-0.39, 0.29) is 17.1 Å². The Hall–Kier alpha value is -1.84. The van der Waals surface area contributed by atoms with Crippen molar-refractivity contribution in [2.45, 2.75) is 33.2 Å². The van der Waals surface area contributed by atoms with E-state index in [1.54, 1.807) is 32.9 Å². The lowest BCUT2D eigenvalue weighted by Crippen LogP contribution is -2.38. The second-order valence-corrected chi connectivity index (χ2v) is 3.99. The van der Waals surface area contributed by atoms with E-state index in [0.717, 1.165) is 0 Å². The fraction of sp³-hybridized carbons (Fsp3) is 0.385. The lowest BCUT2D eigenvalue weighted by atomic mass is 10.1. The van der Waals surface area contributed by atoms with E-state index in [1.165, 1.54) is 6.07 Å². The van der Waals surface area contributed by atoms with Gasteiger partial charge in [-0.2, -0.15) is 0 Å². The summed E-state index contributed by atoms with van der Waals surface area (Å²) in [6, 6.07) is 4.40. The van der Waals surface area contributed by atoms with E-state index in [2.05, 4.69) is 5.32 Å². The first-order chi connectivity index (χ1) is 7.97. The molecule has 0 fully saturated rings. The predicted octanol–water partition coefficient (Wildman–Crippen LogP) is 1.80. The molecule has 0 bridgehead atoms. The van der Waals surface area contributed by atoms with E-state index < -0.39 is 11.9 Å². The molecule has 4 heteroatoms. The largest absolute Gasteiger partial charge is 0.507 e. The number of Topliss-reactive ketones (excluding diaryl/α,β-unsaturated/α-hetero) is 1. The molecule has 1 rings (SSSR count). The van der Waals surface area contributed by atoms with Crippen LogP contribution < -0.4 is 5.32 Å². The zero-order chi connectivity index (χ0) is 13.0. The summed E-state index contributed by atoms with van der Waals surface area (Å²) in [5, 5.41) is 12.3. The van der Waals surface area contributed by atoms with Crippen LogP contribution in [0.3, 0.4) is 0 Å².